The fourth-order valence-electron chi connectivity index (χ4n) is 2.97. The maximum absolute atomic E-state index is 13.4. The van der Waals surface area contributed by atoms with Crippen LogP contribution in [-0.4, -0.2) is 37.9 Å². The first-order valence-electron chi connectivity index (χ1n) is 7.05. The van der Waals surface area contributed by atoms with Crippen molar-refractivity contribution < 1.29 is 9.13 Å². The zero-order chi connectivity index (χ0) is 13.9. The van der Waals surface area contributed by atoms with Crippen molar-refractivity contribution in [2.75, 3.05) is 26.7 Å². The summed E-state index contributed by atoms with van der Waals surface area (Å²) in [4.78, 5) is 6.64. The molecule has 2 heterocycles. The molecule has 0 bridgehead atoms. The number of likely N-dealkylation sites (tertiary alicyclic amines) is 1. The van der Waals surface area contributed by atoms with E-state index < -0.39 is 0 Å². The Morgan fingerprint density at radius 1 is 1.30 bits per heavy atom. The highest BCUT2D eigenvalue weighted by atomic mass is 19.1. The monoisotopic (exact) mass is 274 g/mol. The number of hydrogen-bond acceptors (Lipinski definition) is 3. The summed E-state index contributed by atoms with van der Waals surface area (Å²) in [7, 11) is 1.51. The van der Waals surface area contributed by atoms with Crippen LogP contribution in [0.25, 0.3) is 0 Å². The number of aliphatic imine (C=N–C) groups is 1. The van der Waals surface area contributed by atoms with Crippen molar-refractivity contribution >= 4 is 6.21 Å². The predicted octanol–water partition coefficient (Wildman–Crippen LogP) is 2.98. The van der Waals surface area contributed by atoms with E-state index in [1.165, 1.54) is 24.4 Å². The zero-order valence-electron chi connectivity index (χ0n) is 11.7. The molecule has 1 aromatic rings. The minimum Gasteiger partial charge on any atom is -0.494 e. The summed E-state index contributed by atoms with van der Waals surface area (Å²) in [5.41, 5.74) is 2.50. The first-order valence-corrected chi connectivity index (χ1v) is 7.05. The summed E-state index contributed by atoms with van der Waals surface area (Å²) in [6.45, 7) is 2.90. The van der Waals surface area contributed by atoms with Crippen molar-refractivity contribution in [3.05, 3.63) is 41.4 Å². The minimum atomic E-state index is -0.290. The Morgan fingerprint density at radius 2 is 2.10 bits per heavy atom. The first-order chi connectivity index (χ1) is 9.78. The lowest BCUT2D eigenvalue weighted by Crippen LogP contribution is -2.32. The molecule has 1 aromatic carbocycles. The molecular formula is C16H19FN2O. The van der Waals surface area contributed by atoms with Crippen molar-refractivity contribution in [1.29, 1.82) is 0 Å². The molecule has 4 heteroatoms. The molecule has 2 aliphatic rings. The molecule has 1 fully saturated rings. The van der Waals surface area contributed by atoms with Crippen LogP contribution in [-0.2, 0) is 0 Å². The number of piperidine rings is 1. The van der Waals surface area contributed by atoms with Crippen molar-refractivity contribution in [2.24, 2.45) is 4.99 Å². The number of halogens is 1. The second kappa shape index (κ2) is 5.65. The zero-order valence-corrected chi connectivity index (χ0v) is 11.7. The molecule has 3 rings (SSSR count). The fourth-order valence-corrected chi connectivity index (χ4v) is 2.97. The summed E-state index contributed by atoms with van der Waals surface area (Å²) >= 11 is 0. The topological polar surface area (TPSA) is 24.8 Å². The van der Waals surface area contributed by atoms with Crippen molar-refractivity contribution in [3.63, 3.8) is 0 Å². The molecule has 0 amide bonds. The molecule has 0 N–H and O–H groups in total. The van der Waals surface area contributed by atoms with Gasteiger partial charge in [-0.1, -0.05) is 6.07 Å². The lowest BCUT2D eigenvalue weighted by atomic mass is 9.89. The van der Waals surface area contributed by atoms with E-state index in [1.807, 2.05) is 18.3 Å². The maximum Gasteiger partial charge on any atom is 0.165 e. The normalized spacial score (nSPS) is 19.3. The Morgan fingerprint density at radius 3 is 2.75 bits per heavy atom. The van der Waals surface area contributed by atoms with Gasteiger partial charge in [-0.2, -0.15) is 0 Å². The smallest absolute Gasteiger partial charge is 0.165 e. The Hall–Kier alpha value is -1.84. The number of nitrogens with zero attached hydrogens (tertiary/aromatic N) is 2. The third-order valence-electron chi connectivity index (χ3n) is 4.17. The van der Waals surface area contributed by atoms with Crippen LogP contribution in [0, 0.1) is 5.82 Å². The molecule has 0 spiro atoms. The van der Waals surface area contributed by atoms with Crippen molar-refractivity contribution in [3.8, 4) is 5.75 Å². The average Bonchev–Trinajstić information content (AvgIpc) is 3.02. The van der Waals surface area contributed by atoms with Crippen LogP contribution in [0.15, 0.2) is 35.0 Å². The van der Waals surface area contributed by atoms with Crippen LogP contribution in [0.4, 0.5) is 4.39 Å². The van der Waals surface area contributed by atoms with Gasteiger partial charge in [-0.05, 0) is 42.5 Å². The van der Waals surface area contributed by atoms with Gasteiger partial charge in [0.15, 0.2) is 11.6 Å². The van der Waals surface area contributed by atoms with Crippen LogP contribution in [0.1, 0.15) is 24.3 Å². The van der Waals surface area contributed by atoms with Gasteiger partial charge in [-0.3, -0.25) is 4.99 Å². The van der Waals surface area contributed by atoms with Crippen molar-refractivity contribution in [2.45, 2.75) is 18.8 Å². The van der Waals surface area contributed by atoms with Crippen LogP contribution < -0.4 is 4.74 Å². The second-order valence-corrected chi connectivity index (χ2v) is 5.30. The number of benzene rings is 1. The van der Waals surface area contributed by atoms with Gasteiger partial charge >= 0.3 is 0 Å². The quantitative estimate of drug-likeness (QED) is 0.846. The molecule has 3 nitrogen and oxygen atoms in total. The summed E-state index contributed by atoms with van der Waals surface area (Å²) in [6, 6.07) is 5.23. The van der Waals surface area contributed by atoms with E-state index in [9.17, 15) is 4.39 Å². The summed E-state index contributed by atoms with van der Waals surface area (Å²) in [5.74, 6) is 0.544. The molecule has 0 saturated carbocycles. The first kappa shape index (κ1) is 13.2. The van der Waals surface area contributed by atoms with E-state index in [2.05, 4.69) is 16.0 Å². The van der Waals surface area contributed by atoms with E-state index >= 15 is 0 Å². The lowest BCUT2D eigenvalue weighted by molar-refractivity contribution is 0.261. The Bertz CT molecular complexity index is 545. The van der Waals surface area contributed by atoms with Gasteiger partial charge in [-0.25, -0.2) is 4.39 Å². The van der Waals surface area contributed by atoms with Crippen LogP contribution in [0.2, 0.25) is 0 Å². The Labute approximate surface area is 118 Å². The van der Waals surface area contributed by atoms with Crippen LogP contribution in [0.3, 0.4) is 0 Å². The number of allylic oxidation sites excluding steroid dienone is 1. The van der Waals surface area contributed by atoms with E-state index in [0.29, 0.717) is 11.7 Å². The summed E-state index contributed by atoms with van der Waals surface area (Å²) in [6.07, 6.45) is 6.16. The van der Waals surface area contributed by atoms with Crippen molar-refractivity contribution in [1.82, 2.24) is 4.90 Å². The molecule has 0 aliphatic carbocycles. The Kier molecular flexibility index (Phi) is 3.72. The van der Waals surface area contributed by atoms with Gasteiger partial charge in [0.25, 0.3) is 0 Å². The molecule has 0 unspecified atom stereocenters. The third-order valence-corrected chi connectivity index (χ3v) is 4.17. The highest BCUT2D eigenvalue weighted by Gasteiger charge is 2.23. The van der Waals surface area contributed by atoms with Gasteiger partial charge < -0.3 is 9.64 Å². The van der Waals surface area contributed by atoms with Gasteiger partial charge in [0.1, 0.15) is 0 Å². The molecule has 1 saturated heterocycles. The SMILES string of the molecule is COc1cc(C2CCN(C3=CC=NC3)CC2)ccc1F. The van der Waals surface area contributed by atoms with Crippen LogP contribution in [0.5, 0.6) is 5.75 Å². The molecule has 0 radical (unpaired) electrons. The molecule has 0 atom stereocenters. The number of methoxy groups -OCH3 is 1. The summed E-state index contributed by atoms with van der Waals surface area (Å²) < 4.78 is 18.5. The number of ether oxygens (including phenoxy) is 1. The number of hydrogen-bond donors (Lipinski definition) is 0. The van der Waals surface area contributed by atoms with Gasteiger partial charge in [-0.15, -0.1) is 0 Å². The fraction of sp³-hybridized carbons (Fsp3) is 0.438. The molecule has 0 aromatic heterocycles. The standard InChI is InChI=1S/C16H19FN2O/c1-20-16-10-13(2-3-15(16)17)12-5-8-19(9-6-12)14-4-7-18-11-14/h2-4,7,10,12H,5-6,8-9,11H2,1H3. The lowest BCUT2D eigenvalue weighted by Gasteiger charge is -2.34. The minimum absolute atomic E-state index is 0.290. The van der Waals surface area contributed by atoms with E-state index in [-0.39, 0.29) is 5.82 Å². The van der Waals surface area contributed by atoms with Gasteiger partial charge in [0.2, 0.25) is 0 Å². The highest BCUT2D eigenvalue weighted by molar-refractivity contribution is 5.74. The third kappa shape index (κ3) is 2.55. The van der Waals surface area contributed by atoms with E-state index in [0.717, 1.165) is 32.5 Å². The second-order valence-electron chi connectivity index (χ2n) is 5.30. The number of rotatable bonds is 3. The Balaban J connectivity index is 1.65. The molecule has 106 valence electrons. The summed E-state index contributed by atoms with van der Waals surface area (Å²) in [5, 5.41) is 0. The highest BCUT2D eigenvalue weighted by Crippen LogP contribution is 2.32. The van der Waals surface area contributed by atoms with E-state index in [4.69, 9.17) is 4.74 Å². The molecule has 20 heavy (non-hydrogen) atoms. The molecular weight excluding hydrogens is 255 g/mol. The van der Waals surface area contributed by atoms with Gasteiger partial charge in [0, 0.05) is 25.0 Å². The largest absolute Gasteiger partial charge is 0.494 e. The molecule has 2 aliphatic heterocycles. The average molecular weight is 274 g/mol. The maximum atomic E-state index is 13.4. The van der Waals surface area contributed by atoms with Gasteiger partial charge in [0.05, 0.1) is 13.7 Å². The van der Waals surface area contributed by atoms with E-state index in [1.54, 1.807) is 0 Å². The predicted molar refractivity (Wildman–Crippen MR) is 77.9 cm³/mol. The van der Waals surface area contributed by atoms with Crippen LogP contribution >= 0.6 is 0 Å².